The van der Waals surface area contributed by atoms with E-state index in [2.05, 4.69) is 49.9 Å². The number of rotatable bonds is 3. The molecule has 2 heterocycles. The maximum Gasteiger partial charge on any atom is 0.135 e. The molecule has 0 bridgehead atoms. The number of fused-ring (bicyclic) bond motifs is 2. The third-order valence-electron chi connectivity index (χ3n) is 5.08. The molecule has 0 radical (unpaired) electrons. The Hall–Kier alpha value is -3.28. The van der Waals surface area contributed by atoms with Crippen molar-refractivity contribution in [3.05, 3.63) is 65.5 Å². The minimum atomic E-state index is 0.277. The van der Waals surface area contributed by atoms with Crippen LogP contribution in [0.25, 0.3) is 22.3 Å². The van der Waals surface area contributed by atoms with Crippen LogP contribution in [0.15, 0.2) is 53.2 Å². The molecule has 1 atom stereocenters. The number of hydrogen-bond donors (Lipinski definition) is 1. The van der Waals surface area contributed by atoms with Gasteiger partial charge in [-0.3, -0.25) is 0 Å². The molecule has 4 aromatic rings. The molecule has 134 valence electrons. The Bertz CT molecular complexity index is 1120. The molecule has 27 heavy (non-hydrogen) atoms. The van der Waals surface area contributed by atoms with Crippen LogP contribution in [0.2, 0.25) is 0 Å². The topological polar surface area (TPSA) is 76.7 Å². The summed E-state index contributed by atoms with van der Waals surface area (Å²) in [6.07, 6.45) is 3.43. The first-order valence-corrected chi connectivity index (χ1v) is 9.19. The lowest BCUT2D eigenvalue weighted by atomic mass is 9.88. The molecular weight excluding hydrogens is 338 g/mol. The number of anilines is 1. The third kappa shape index (κ3) is 3.03. The molecular formula is C21H19N5O. The SMILES string of the molecule is Cc1nc(N[C@@H]2CCCc3ccccc32)cc(-c2ccc3nonc3c2)n1. The molecule has 0 saturated carbocycles. The molecule has 1 N–H and O–H groups in total. The lowest BCUT2D eigenvalue weighted by Gasteiger charge is -2.27. The monoisotopic (exact) mass is 357 g/mol. The highest BCUT2D eigenvalue weighted by Gasteiger charge is 2.20. The van der Waals surface area contributed by atoms with Crippen molar-refractivity contribution in [2.24, 2.45) is 0 Å². The minimum absolute atomic E-state index is 0.277. The molecule has 0 aliphatic heterocycles. The first kappa shape index (κ1) is 15.9. The van der Waals surface area contributed by atoms with Crippen LogP contribution in [0.3, 0.4) is 0 Å². The Kier molecular flexibility index (Phi) is 3.81. The second-order valence-electron chi connectivity index (χ2n) is 6.94. The van der Waals surface area contributed by atoms with Gasteiger partial charge in [-0.15, -0.1) is 0 Å². The fourth-order valence-corrected chi connectivity index (χ4v) is 3.81. The average molecular weight is 357 g/mol. The van der Waals surface area contributed by atoms with Gasteiger partial charge in [0.25, 0.3) is 0 Å². The van der Waals surface area contributed by atoms with Gasteiger partial charge >= 0.3 is 0 Å². The van der Waals surface area contributed by atoms with Crippen LogP contribution in [-0.4, -0.2) is 20.3 Å². The highest BCUT2D eigenvalue weighted by molar-refractivity contribution is 5.80. The summed E-state index contributed by atoms with van der Waals surface area (Å²) in [5.41, 5.74) is 6.09. The van der Waals surface area contributed by atoms with E-state index >= 15 is 0 Å². The van der Waals surface area contributed by atoms with Crippen molar-refractivity contribution in [2.75, 3.05) is 5.32 Å². The van der Waals surface area contributed by atoms with Gasteiger partial charge in [0.1, 0.15) is 22.7 Å². The van der Waals surface area contributed by atoms with Crippen molar-refractivity contribution < 1.29 is 4.63 Å². The molecule has 5 rings (SSSR count). The standard InChI is InChI=1S/C21H19N5O/c1-13-22-19(15-9-10-18-20(11-15)26-27-25-18)12-21(23-13)24-17-8-4-6-14-5-2-3-7-16(14)17/h2-3,5,7,9-12,17H,4,6,8H2,1H3,(H,22,23,24)/t17-/m1/s1. The molecule has 2 aromatic heterocycles. The highest BCUT2D eigenvalue weighted by Crippen LogP contribution is 2.32. The van der Waals surface area contributed by atoms with E-state index in [0.29, 0.717) is 0 Å². The summed E-state index contributed by atoms with van der Waals surface area (Å²) < 4.78 is 4.79. The number of hydrogen-bond acceptors (Lipinski definition) is 6. The predicted molar refractivity (Wildman–Crippen MR) is 103 cm³/mol. The van der Waals surface area contributed by atoms with Crippen LogP contribution < -0.4 is 5.32 Å². The molecule has 0 fully saturated rings. The van der Waals surface area contributed by atoms with Crippen LogP contribution in [0.1, 0.15) is 35.8 Å². The zero-order valence-corrected chi connectivity index (χ0v) is 15.0. The number of nitrogens with one attached hydrogen (secondary N) is 1. The summed E-state index contributed by atoms with van der Waals surface area (Å²) in [4.78, 5) is 9.21. The van der Waals surface area contributed by atoms with Crippen LogP contribution in [0, 0.1) is 6.92 Å². The van der Waals surface area contributed by atoms with Crippen molar-refractivity contribution in [1.29, 1.82) is 0 Å². The summed E-state index contributed by atoms with van der Waals surface area (Å²) >= 11 is 0. The van der Waals surface area contributed by atoms with Gasteiger partial charge in [0.15, 0.2) is 0 Å². The molecule has 2 aromatic carbocycles. The largest absolute Gasteiger partial charge is 0.363 e. The predicted octanol–water partition coefficient (Wildman–Crippen LogP) is 4.48. The van der Waals surface area contributed by atoms with Crippen molar-refractivity contribution >= 4 is 16.9 Å². The maximum absolute atomic E-state index is 4.79. The fourth-order valence-electron chi connectivity index (χ4n) is 3.81. The first-order valence-electron chi connectivity index (χ1n) is 9.19. The van der Waals surface area contributed by atoms with Crippen LogP contribution >= 0.6 is 0 Å². The second-order valence-corrected chi connectivity index (χ2v) is 6.94. The minimum Gasteiger partial charge on any atom is -0.363 e. The lowest BCUT2D eigenvalue weighted by Crippen LogP contribution is -2.18. The Morgan fingerprint density at radius 2 is 1.89 bits per heavy atom. The summed E-state index contributed by atoms with van der Waals surface area (Å²) in [6.45, 7) is 1.92. The van der Waals surface area contributed by atoms with E-state index in [-0.39, 0.29) is 6.04 Å². The van der Waals surface area contributed by atoms with Crippen LogP contribution in [0.4, 0.5) is 5.82 Å². The van der Waals surface area contributed by atoms with E-state index in [1.165, 1.54) is 17.5 Å². The Labute approximate surface area is 156 Å². The maximum atomic E-state index is 4.79. The van der Waals surface area contributed by atoms with Crippen LogP contribution in [0.5, 0.6) is 0 Å². The first-order chi connectivity index (χ1) is 13.3. The Morgan fingerprint density at radius 1 is 1.00 bits per heavy atom. The van der Waals surface area contributed by atoms with Crippen molar-refractivity contribution in [2.45, 2.75) is 32.2 Å². The molecule has 0 saturated heterocycles. The summed E-state index contributed by atoms with van der Waals surface area (Å²) in [7, 11) is 0. The van der Waals surface area contributed by atoms with E-state index < -0.39 is 0 Å². The van der Waals surface area contributed by atoms with Crippen molar-refractivity contribution in [3.63, 3.8) is 0 Å². The molecule has 0 amide bonds. The van der Waals surface area contributed by atoms with Gasteiger partial charge in [-0.1, -0.05) is 30.3 Å². The van der Waals surface area contributed by atoms with Gasteiger partial charge in [0.2, 0.25) is 0 Å². The number of aromatic nitrogens is 4. The molecule has 1 aliphatic carbocycles. The van der Waals surface area contributed by atoms with Gasteiger partial charge in [-0.2, -0.15) is 0 Å². The third-order valence-corrected chi connectivity index (χ3v) is 5.08. The van der Waals surface area contributed by atoms with E-state index in [1.54, 1.807) is 0 Å². The normalized spacial score (nSPS) is 16.3. The summed E-state index contributed by atoms with van der Waals surface area (Å²) in [6, 6.07) is 16.7. The van der Waals surface area contributed by atoms with Crippen molar-refractivity contribution in [1.82, 2.24) is 20.3 Å². The summed E-state index contributed by atoms with van der Waals surface area (Å²) in [5.74, 6) is 1.58. The van der Waals surface area contributed by atoms with Crippen molar-refractivity contribution in [3.8, 4) is 11.3 Å². The van der Waals surface area contributed by atoms with E-state index in [4.69, 9.17) is 4.63 Å². The van der Waals surface area contributed by atoms with Crippen LogP contribution in [-0.2, 0) is 6.42 Å². The van der Waals surface area contributed by atoms with E-state index in [0.717, 1.165) is 46.8 Å². The Morgan fingerprint density at radius 3 is 2.85 bits per heavy atom. The van der Waals surface area contributed by atoms with Gasteiger partial charge in [0.05, 0.1) is 11.7 Å². The fraction of sp³-hybridized carbons (Fsp3) is 0.238. The van der Waals surface area contributed by atoms with Gasteiger partial charge in [-0.05, 0) is 59.8 Å². The number of nitrogens with zero attached hydrogens (tertiary/aromatic N) is 4. The quantitative estimate of drug-likeness (QED) is 0.583. The number of benzene rings is 2. The molecule has 6 heteroatoms. The van der Waals surface area contributed by atoms with Gasteiger partial charge < -0.3 is 5.32 Å². The molecule has 0 spiro atoms. The van der Waals surface area contributed by atoms with E-state index in [1.807, 2.05) is 31.2 Å². The Balaban J connectivity index is 1.49. The second kappa shape index (κ2) is 6.46. The zero-order chi connectivity index (χ0) is 18.2. The zero-order valence-electron chi connectivity index (χ0n) is 15.0. The molecule has 0 unspecified atom stereocenters. The van der Waals surface area contributed by atoms with Gasteiger partial charge in [-0.25, -0.2) is 14.6 Å². The lowest BCUT2D eigenvalue weighted by molar-refractivity contribution is 0.315. The van der Waals surface area contributed by atoms with Gasteiger partial charge in [0, 0.05) is 11.6 Å². The van der Waals surface area contributed by atoms with E-state index in [9.17, 15) is 0 Å². The average Bonchev–Trinajstić information content (AvgIpc) is 3.16. The molecule has 6 nitrogen and oxygen atoms in total. The summed E-state index contributed by atoms with van der Waals surface area (Å²) in [5, 5.41) is 11.4. The molecule has 1 aliphatic rings. The number of aryl methyl sites for hydroxylation is 2. The smallest absolute Gasteiger partial charge is 0.135 e. The highest BCUT2D eigenvalue weighted by atomic mass is 16.6.